The standard InChI is InChI=1S/C19H17N3O/c1-12-17(13(2)19-21-11-23-22-19)4-3-5-18(12)14-6-7-15-9-20-10-16(15)8-14/h3-8,11,20H,2,9-10H2,1H3. The van der Waals surface area contributed by atoms with Crippen molar-refractivity contribution < 1.29 is 4.52 Å². The maximum Gasteiger partial charge on any atom is 0.214 e. The Morgan fingerprint density at radius 2 is 2.04 bits per heavy atom. The number of nitrogens with zero attached hydrogens (tertiary/aromatic N) is 2. The Morgan fingerprint density at radius 1 is 1.17 bits per heavy atom. The lowest BCUT2D eigenvalue weighted by Gasteiger charge is -2.13. The number of benzene rings is 2. The number of aromatic nitrogens is 2. The maximum absolute atomic E-state index is 4.83. The Morgan fingerprint density at radius 3 is 2.87 bits per heavy atom. The predicted octanol–water partition coefficient (Wildman–Crippen LogP) is 3.71. The molecule has 4 rings (SSSR count). The Balaban J connectivity index is 1.79. The van der Waals surface area contributed by atoms with Crippen molar-refractivity contribution in [3.8, 4) is 11.1 Å². The first-order chi connectivity index (χ1) is 11.2. The van der Waals surface area contributed by atoms with Crippen LogP contribution in [0.2, 0.25) is 0 Å². The molecule has 4 heteroatoms. The van der Waals surface area contributed by atoms with Gasteiger partial charge in [-0.15, -0.1) is 0 Å². The van der Waals surface area contributed by atoms with Gasteiger partial charge >= 0.3 is 0 Å². The Kier molecular flexibility index (Phi) is 3.32. The fourth-order valence-electron chi connectivity index (χ4n) is 3.16. The maximum atomic E-state index is 4.83. The van der Waals surface area contributed by atoms with Gasteiger partial charge in [-0.2, -0.15) is 4.98 Å². The van der Waals surface area contributed by atoms with Crippen LogP contribution in [-0.4, -0.2) is 10.1 Å². The van der Waals surface area contributed by atoms with Crippen molar-refractivity contribution in [3.05, 3.63) is 77.4 Å². The molecule has 0 aliphatic carbocycles. The zero-order chi connectivity index (χ0) is 15.8. The molecule has 0 atom stereocenters. The second-order valence-electron chi connectivity index (χ2n) is 5.80. The van der Waals surface area contributed by atoms with E-state index in [-0.39, 0.29) is 0 Å². The molecule has 1 N–H and O–H groups in total. The molecule has 114 valence electrons. The van der Waals surface area contributed by atoms with Crippen molar-refractivity contribution in [1.82, 2.24) is 15.5 Å². The zero-order valence-electron chi connectivity index (χ0n) is 13.0. The molecule has 0 bridgehead atoms. The monoisotopic (exact) mass is 303 g/mol. The van der Waals surface area contributed by atoms with E-state index < -0.39 is 0 Å². The van der Waals surface area contributed by atoms with E-state index >= 15 is 0 Å². The highest BCUT2D eigenvalue weighted by Gasteiger charge is 2.15. The van der Waals surface area contributed by atoms with E-state index in [1.54, 1.807) is 0 Å². The fourth-order valence-corrected chi connectivity index (χ4v) is 3.16. The number of fused-ring (bicyclic) bond motifs is 1. The van der Waals surface area contributed by atoms with Crippen LogP contribution in [0.15, 0.2) is 53.9 Å². The van der Waals surface area contributed by atoms with Gasteiger partial charge in [0.15, 0.2) is 0 Å². The highest BCUT2D eigenvalue weighted by Crippen LogP contribution is 2.32. The van der Waals surface area contributed by atoms with Gasteiger partial charge in [0.25, 0.3) is 0 Å². The summed E-state index contributed by atoms with van der Waals surface area (Å²) < 4.78 is 4.83. The van der Waals surface area contributed by atoms with Crippen LogP contribution in [0.25, 0.3) is 16.7 Å². The second-order valence-corrected chi connectivity index (χ2v) is 5.80. The lowest BCUT2D eigenvalue weighted by molar-refractivity contribution is 0.415. The van der Waals surface area contributed by atoms with Crippen LogP contribution in [0.4, 0.5) is 0 Å². The second kappa shape index (κ2) is 5.48. The third-order valence-electron chi connectivity index (χ3n) is 4.44. The molecule has 1 aromatic heterocycles. The smallest absolute Gasteiger partial charge is 0.214 e. The quantitative estimate of drug-likeness (QED) is 0.801. The first-order valence-corrected chi connectivity index (χ1v) is 7.62. The normalized spacial score (nSPS) is 13.1. The predicted molar refractivity (Wildman–Crippen MR) is 89.6 cm³/mol. The molecule has 3 aromatic rings. The molecule has 2 aromatic carbocycles. The van der Waals surface area contributed by atoms with Crippen molar-refractivity contribution in [1.29, 1.82) is 0 Å². The molecule has 0 saturated heterocycles. The number of hydrogen-bond donors (Lipinski definition) is 1. The molecule has 23 heavy (non-hydrogen) atoms. The summed E-state index contributed by atoms with van der Waals surface area (Å²) in [6.45, 7) is 8.14. The van der Waals surface area contributed by atoms with Crippen molar-refractivity contribution in [2.45, 2.75) is 20.0 Å². The van der Waals surface area contributed by atoms with Gasteiger partial charge in [0, 0.05) is 18.7 Å². The molecular weight excluding hydrogens is 286 g/mol. The van der Waals surface area contributed by atoms with Crippen molar-refractivity contribution in [3.63, 3.8) is 0 Å². The molecule has 0 fully saturated rings. The van der Waals surface area contributed by atoms with E-state index in [1.807, 2.05) is 6.07 Å². The van der Waals surface area contributed by atoms with Crippen molar-refractivity contribution >= 4 is 5.57 Å². The highest BCUT2D eigenvalue weighted by atomic mass is 16.5. The minimum atomic E-state index is 0.531. The summed E-state index contributed by atoms with van der Waals surface area (Å²) in [6, 6.07) is 12.9. The minimum absolute atomic E-state index is 0.531. The lowest BCUT2D eigenvalue weighted by atomic mass is 9.91. The molecule has 2 heterocycles. The van der Waals surface area contributed by atoms with Crippen LogP contribution in [-0.2, 0) is 13.1 Å². The Labute approximate surface area is 134 Å². The molecule has 1 aliphatic heterocycles. The summed E-state index contributed by atoms with van der Waals surface area (Å²) >= 11 is 0. The van der Waals surface area contributed by atoms with E-state index in [4.69, 9.17) is 4.52 Å². The first kappa shape index (κ1) is 13.9. The molecule has 0 unspecified atom stereocenters. The highest BCUT2D eigenvalue weighted by molar-refractivity contribution is 5.81. The largest absolute Gasteiger partial charge is 0.342 e. The van der Waals surface area contributed by atoms with Crippen LogP contribution in [0.3, 0.4) is 0 Å². The van der Waals surface area contributed by atoms with Gasteiger partial charge in [0.2, 0.25) is 12.2 Å². The molecule has 4 nitrogen and oxygen atoms in total. The van der Waals surface area contributed by atoms with Gasteiger partial charge in [0.1, 0.15) is 0 Å². The van der Waals surface area contributed by atoms with Gasteiger partial charge in [-0.25, -0.2) is 0 Å². The van der Waals surface area contributed by atoms with E-state index in [1.165, 1.54) is 34.2 Å². The first-order valence-electron chi connectivity index (χ1n) is 7.62. The average Bonchev–Trinajstić information content (AvgIpc) is 3.25. The van der Waals surface area contributed by atoms with Gasteiger partial charge in [-0.1, -0.05) is 42.1 Å². The summed E-state index contributed by atoms with van der Waals surface area (Å²) in [7, 11) is 0. The van der Waals surface area contributed by atoms with E-state index in [9.17, 15) is 0 Å². The third kappa shape index (κ3) is 2.37. The molecule has 0 radical (unpaired) electrons. The SMILES string of the molecule is C=C(c1ncon1)c1cccc(-c2ccc3c(c2)CNC3)c1C. The lowest BCUT2D eigenvalue weighted by Crippen LogP contribution is -1.99. The number of nitrogens with one attached hydrogen (secondary N) is 1. The van der Waals surface area contributed by atoms with Crippen LogP contribution in [0.1, 0.15) is 28.1 Å². The van der Waals surface area contributed by atoms with Crippen LogP contribution in [0, 0.1) is 6.92 Å². The van der Waals surface area contributed by atoms with Crippen molar-refractivity contribution in [2.24, 2.45) is 0 Å². The van der Waals surface area contributed by atoms with E-state index in [0.717, 1.165) is 24.2 Å². The number of rotatable bonds is 3. The average molecular weight is 303 g/mol. The topological polar surface area (TPSA) is 51.0 Å². The van der Waals surface area contributed by atoms with Crippen LogP contribution in [0.5, 0.6) is 0 Å². The molecule has 0 amide bonds. The summed E-state index contributed by atoms with van der Waals surface area (Å²) in [5.74, 6) is 0.531. The summed E-state index contributed by atoms with van der Waals surface area (Å²) in [4.78, 5) is 4.10. The molecule has 0 spiro atoms. The van der Waals surface area contributed by atoms with E-state index in [2.05, 4.69) is 59.3 Å². The van der Waals surface area contributed by atoms with E-state index in [0.29, 0.717) is 5.82 Å². The summed E-state index contributed by atoms with van der Waals surface area (Å²) in [5, 5.41) is 7.28. The number of hydrogen-bond acceptors (Lipinski definition) is 4. The molecule has 1 aliphatic rings. The Hall–Kier alpha value is -2.72. The van der Waals surface area contributed by atoms with Gasteiger partial charge < -0.3 is 9.84 Å². The molecular formula is C19H17N3O. The summed E-state index contributed by atoms with van der Waals surface area (Å²) in [5.41, 5.74) is 8.20. The third-order valence-corrected chi connectivity index (χ3v) is 4.44. The Bertz CT molecular complexity index is 882. The fraction of sp³-hybridized carbons (Fsp3) is 0.158. The zero-order valence-corrected chi connectivity index (χ0v) is 13.0. The van der Waals surface area contributed by atoms with Crippen LogP contribution < -0.4 is 5.32 Å². The van der Waals surface area contributed by atoms with Crippen LogP contribution >= 0.6 is 0 Å². The van der Waals surface area contributed by atoms with Gasteiger partial charge in [-0.3, -0.25) is 0 Å². The van der Waals surface area contributed by atoms with Crippen molar-refractivity contribution in [2.75, 3.05) is 0 Å². The minimum Gasteiger partial charge on any atom is -0.342 e. The van der Waals surface area contributed by atoms with Gasteiger partial charge in [0.05, 0.1) is 0 Å². The molecule has 0 saturated carbocycles. The summed E-state index contributed by atoms with van der Waals surface area (Å²) in [6.07, 6.45) is 1.33. The van der Waals surface area contributed by atoms with Gasteiger partial charge in [-0.05, 0) is 46.4 Å².